The van der Waals surface area contributed by atoms with E-state index in [0.717, 1.165) is 11.1 Å². The first-order chi connectivity index (χ1) is 14.8. The lowest BCUT2D eigenvalue weighted by Gasteiger charge is -2.12. The van der Waals surface area contributed by atoms with E-state index >= 15 is 0 Å². The molecule has 3 aromatic carbocycles. The predicted molar refractivity (Wildman–Crippen MR) is 120 cm³/mol. The van der Waals surface area contributed by atoms with E-state index in [9.17, 15) is 13.2 Å². The van der Waals surface area contributed by atoms with Crippen molar-refractivity contribution in [3.05, 3.63) is 77.9 Å². The number of nitrogens with one attached hydrogen (secondary N) is 2. The van der Waals surface area contributed by atoms with E-state index in [1.165, 1.54) is 19.2 Å². The number of carbonyl (C=O) groups is 1. The first-order valence-corrected chi connectivity index (χ1v) is 11.0. The Kier molecular flexibility index (Phi) is 6.81. The minimum Gasteiger partial charge on any atom is -0.493 e. The van der Waals surface area contributed by atoms with Crippen molar-refractivity contribution in [1.29, 1.82) is 0 Å². The molecule has 0 aliphatic carbocycles. The lowest BCUT2D eigenvalue weighted by atomic mass is 10.1. The maximum absolute atomic E-state index is 12.6. The number of carbonyl (C=O) groups excluding carboxylic acids is 1. The summed E-state index contributed by atoms with van der Waals surface area (Å²) in [6.45, 7) is 1.83. The Hall–Kier alpha value is -3.52. The Morgan fingerprint density at radius 2 is 1.58 bits per heavy atom. The lowest BCUT2D eigenvalue weighted by molar-refractivity contribution is -0.115. The second-order valence-electron chi connectivity index (χ2n) is 6.86. The summed E-state index contributed by atoms with van der Waals surface area (Å²) in [6, 6.07) is 18.4. The van der Waals surface area contributed by atoms with Gasteiger partial charge in [0.05, 0.1) is 31.2 Å². The third kappa shape index (κ3) is 5.55. The van der Waals surface area contributed by atoms with Crippen LogP contribution in [0.4, 0.5) is 11.4 Å². The molecule has 0 aromatic heterocycles. The molecule has 7 nitrogen and oxygen atoms in total. The van der Waals surface area contributed by atoms with E-state index in [1.807, 2.05) is 19.1 Å². The summed E-state index contributed by atoms with van der Waals surface area (Å²) in [6.07, 6.45) is 0.134. The van der Waals surface area contributed by atoms with Crippen LogP contribution in [0, 0.1) is 6.92 Å². The third-order valence-electron chi connectivity index (χ3n) is 4.65. The molecule has 0 saturated heterocycles. The number of rotatable bonds is 8. The van der Waals surface area contributed by atoms with E-state index in [1.54, 1.807) is 49.6 Å². The van der Waals surface area contributed by atoms with Gasteiger partial charge in [-0.25, -0.2) is 8.42 Å². The second kappa shape index (κ2) is 9.53. The van der Waals surface area contributed by atoms with Crippen molar-refractivity contribution in [2.75, 3.05) is 24.3 Å². The second-order valence-corrected chi connectivity index (χ2v) is 8.54. The lowest BCUT2D eigenvalue weighted by Crippen LogP contribution is -2.15. The molecule has 8 heteroatoms. The van der Waals surface area contributed by atoms with E-state index < -0.39 is 10.0 Å². The number of benzene rings is 3. The summed E-state index contributed by atoms with van der Waals surface area (Å²) in [4.78, 5) is 12.5. The number of ether oxygens (including phenoxy) is 2. The summed E-state index contributed by atoms with van der Waals surface area (Å²) in [5, 5.41) is 2.77. The number of aryl methyl sites for hydroxylation is 1. The van der Waals surface area contributed by atoms with Crippen LogP contribution in [0.5, 0.6) is 11.5 Å². The topological polar surface area (TPSA) is 93.7 Å². The van der Waals surface area contributed by atoms with Gasteiger partial charge in [-0.3, -0.25) is 9.52 Å². The number of hydrogen-bond acceptors (Lipinski definition) is 5. The monoisotopic (exact) mass is 440 g/mol. The zero-order valence-electron chi connectivity index (χ0n) is 17.5. The van der Waals surface area contributed by atoms with Gasteiger partial charge in [-0.05, 0) is 60.5 Å². The molecule has 31 heavy (non-hydrogen) atoms. The van der Waals surface area contributed by atoms with Crippen LogP contribution in [0.25, 0.3) is 0 Å². The molecule has 0 aliphatic heterocycles. The number of para-hydroxylation sites is 1. The Bertz CT molecular complexity index is 1170. The average molecular weight is 441 g/mol. The largest absolute Gasteiger partial charge is 0.493 e. The molecule has 0 unspecified atom stereocenters. The summed E-state index contributed by atoms with van der Waals surface area (Å²) >= 11 is 0. The van der Waals surface area contributed by atoms with Crippen LogP contribution in [0.15, 0.2) is 71.6 Å². The highest BCUT2D eigenvalue weighted by Gasteiger charge is 2.15. The summed E-state index contributed by atoms with van der Waals surface area (Å²) in [5.74, 6) is 0.895. The van der Waals surface area contributed by atoms with Crippen molar-refractivity contribution in [1.82, 2.24) is 0 Å². The van der Waals surface area contributed by atoms with E-state index in [0.29, 0.717) is 22.9 Å². The number of hydrogen-bond donors (Lipinski definition) is 2. The fraction of sp³-hybridized carbons (Fsp3) is 0.174. The van der Waals surface area contributed by atoms with E-state index in [2.05, 4.69) is 10.0 Å². The minimum absolute atomic E-state index is 0.105. The fourth-order valence-electron chi connectivity index (χ4n) is 2.99. The molecule has 0 bridgehead atoms. The summed E-state index contributed by atoms with van der Waals surface area (Å²) in [7, 11) is -0.653. The van der Waals surface area contributed by atoms with E-state index in [-0.39, 0.29) is 17.2 Å². The summed E-state index contributed by atoms with van der Waals surface area (Å²) < 4.78 is 38.3. The maximum Gasteiger partial charge on any atom is 0.261 e. The molecule has 0 fully saturated rings. The Balaban J connectivity index is 1.66. The smallest absolute Gasteiger partial charge is 0.261 e. The minimum atomic E-state index is -3.73. The van der Waals surface area contributed by atoms with Crippen LogP contribution in [-0.2, 0) is 21.2 Å². The predicted octanol–water partition coefficient (Wildman–Crippen LogP) is 3.99. The molecule has 0 saturated carbocycles. The Morgan fingerprint density at radius 3 is 2.23 bits per heavy atom. The molecule has 0 atom stereocenters. The van der Waals surface area contributed by atoms with Crippen LogP contribution in [0.2, 0.25) is 0 Å². The molecule has 3 aromatic rings. The molecule has 162 valence electrons. The van der Waals surface area contributed by atoms with Gasteiger partial charge >= 0.3 is 0 Å². The zero-order chi connectivity index (χ0) is 22.4. The molecule has 0 spiro atoms. The van der Waals surface area contributed by atoms with Gasteiger partial charge in [-0.1, -0.05) is 24.3 Å². The number of anilines is 2. The normalized spacial score (nSPS) is 10.9. The highest BCUT2D eigenvalue weighted by Crippen LogP contribution is 2.28. The van der Waals surface area contributed by atoms with Crippen LogP contribution >= 0.6 is 0 Å². The molecule has 0 aliphatic rings. The van der Waals surface area contributed by atoms with E-state index in [4.69, 9.17) is 9.47 Å². The van der Waals surface area contributed by atoms with Gasteiger partial charge in [-0.2, -0.15) is 0 Å². The standard InChI is InChI=1S/C23H24N2O5S/c1-16-6-4-5-7-20(16)25-31(27,28)19-11-9-18(10-12-19)24-23(26)15-17-8-13-21(29-2)22(14-17)30-3/h4-14,25H,15H2,1-3H3,(H,24,26). The third-order valence-corrected chi connectivity index (χ3v) is 6.03. The first kappa shape index (κ1) is 22.2. The molecule has 0 radical (unpaired) electrons. The van der Waals surface area contributed by atoms with Gasteiger partial charge in [-0.15, -0.1) is 0 Å². The van der Waals surface area contributed by atoms with Crippen molar-refractivity contribution in [3.63, 3.8) is 0 Å². The van der Waals surface area contributed by atoms with Gasteiger partial charge < -0.3 is 14.8 Å². The van der Waals surface area contributed by atoms with Crippen molar-refractivity contribution < 1.29 is 22.7 Å². The van der Waals surface area contributed by atoms with Crippen molar-refractivity contribution >= 4 is 27.3 Å². The van der Waals surface area contributed by atoms with Crippen molar-refractivity contribution in [2.45, 2.75) is 18.2 Å². The Morgan fingerprint density at radius 1 is 0.903 bits per heavy atom. The van der Waals surface area contributed by atoms with Gasteiger partial charge in [0.2, 0.25) is 5.91 Å². The number of sulfonamides is 1. The highest BCUT2D eigenvalue weighted by molar-refractivity contribution is 7.92. The fourth-order valence-corrected chi connectivity index (χ4v) is 4.12. The summed E-state index contributed by atoms with van der Waals surface area (Å²) in [5.41, 5.74) is 2.61. The molecule has 1 amide bonds. The zero-order valence-corrected chi connectivity index (χ0v) is 18.3. The molecule has 0 heterocycles. The van der Waals surface area contributed by atoms with Crippen molar-refractivity contribution in [3.8, 4) is 11.5 Å². The maximum atomic E-state index is 12.6. The van der Waals surface area contributed by atoms with Crippen LogP contribution in [0.1, 0.15) is 11.1 Å². The van der Waals surface area contributed by atoms with Gasteiger partial charge in [0.15, 0.2) is 11.5 Å². The molecular formula is C23H24N2O5S. The average Bonchev–Trinajstić information content (AvgIpc) is 2.75. The van der Waals surface area contributed by atoms with Gasteiger partial charge in [0.1, 0.15) is 0 Å². The highest BCUT2D eigenvalue weighted by atomic mass is 32.2. The van der Waals surface area contributed by atoms with Crippen LogP contribution in [-0.4, -0.2) is 28.5 Å². The molecule has 3 rings (SSSR count). The van der Waals surface area contributed by atoms with Gasteiger partial charge in [0.25, 0.3) is 10.0 Å². The first-order valence-electron chi connectivity index (χ1n) is 9.51. The quantitative estimate of drug-likeness (QED) is 0.552. The Labute approximate surface area is 182 Å². The molecule has 2 N–H and O–H groups in total. The van der Waals surface area contributed by atoms with Crippen LogP contribution < -0.4 is 19.5 Å². The number of methoxy groups -OCH3 is 2. The molecular weight excluding hydrogens is 416 g/mol. The number of amides is 1. The SMILES string of the molecule is COc1ccc(CC(=O)Nc2ccc(S(=O)(=O)Nc3ccccc3C)cc2)cc1OC. The van der Waals surface area contributed by atoms with Crippen LogP contribution in [0.3, 0.4) is 0 Å². The van der Waals surface area contributed by atoms with Gasteiger partial charge in [0, 0.05) is 5.69 Å². The van der Waals surface area contributed by atoms with Crippen molar-refractivity contribution in [2.24, 2.45) is 0 Å².